The minimum atomic E-state index is -4.36. The fourth-order valence-electron chi connectivity index (χ4n) is 2.27. The molecule has 1 amide bonds. The molecule has 19 heavy (non-hydrogen) atoms. The number of rotatable bonds is 2. The number of hydrogen-bond donors (Lipinski definition) is 1. The van der Waals surface area contributed by atoms with Crippen molar-refractivity contribution in [2.24, 2.45) is 11.8 Å². The molecule has 1 N–H and O–H groups in total. The summed E-state index contributed by atoms with van der Waals surface area (Å²) in [6.07, 6.45) is -1.42. The summed E-state index contributed by atoms with van der Waals surface area (Å²) >= 11 is 0. The van der Waals surface area contributed by atoms with E-state index >= 15 is 0 Å². The lowest BCUT2D eigenvalue weighted by molar-refractivity contribution is -0.182. The number of nitrogens with one attached hydrogen (secondary N) is 1. The molecule has 2 heterocycles. The van der Waals surface area contributed by atoms with Crippen LogP contribution in [0, 0.1) is 11.8 Å². The van der Waals surface area contributed by atoms with Crippen molar-refractivity contribution in [2.75, 3.05) is 25.5 Å². The van der Waals surface area contributed by atoms with Gasteiger partial charge in [-0.1, -0.05) is 0 Å². The highest BCUT2D eigenvalue weighted by molar-refractivity contribution is 5.93. The lowest BCUT2D eigenvalue weighted by atomic mass is 9.94. The van der Waals surface area contributed by atoms with Crippen molar-refractivity contribution < 1.29 is 18.0 Å². The molecular formula is C12H14F3N3O. The second kappa shape index (κ2) is 5.16. The number of hydrogen-bond acceptors (Lipinski definition) is 3. The molecule has 1 fully saturated rings. The Morgan fingerprint density at radius 3 is 2.58 bits per heavy atom. The van der Waals surface area contributed by atoms with Crippen LogP contribution in [0.4, 0.5) is 18.9 Å². The Kier molecular flexibility index (Phi) is 3.75. The average molecular weight is 273 g/mol. The van der Waals surface area contributed by atoms with E-state index in [1.165, 1.54) is 17.3 Å². The molecule has 1 aromatic rings. The van der Waals surface area contributed by atoms with Gasteiger partial charge in [-0.15, -0.1) is 0 Å². The predicted molar refractivity (Wildman–Crippen MR) is 63.4 cm³/mol. The van der Waals surface area contributed by atoms with E-state index in [1.807, 2.05) is 0 Å². The number of carbonyl (C=O) groups excluding carboxylic acids is 1. The van der Waals surface area contributed by atoms with Crippen molar-refractivity contribution in [3.8, 4) is 0 Å². The van der Waals surface area contributed by atoms with E-state index in [1.54, 1.807) is 19.2 Å². The number of anilines is 1. The zero-order valence-corrected chi connectivity index (χ0v) is 10.3. The van der Waals surface area contributed by atoms with Crippen molar-refractivity contribution >= 4 is 11.6 Å². The molecule has 1 aromatic heterocycles. The predicted octanol–water partition coefficient (Wildman–Crippen LogP) is 1.76. The molecule has 0 saturated carbocycles. The second-order valence-corrected chi connectivity index (χ2v) is 4.70. The van der Waals surface area contributed by atoms with Crippen LogP contribution in [0.5, 0.6) is 0 Å². The smallest absolute Gasteiger partial charge is 0.326 e. The molecule has 0 aliphatic carbocycles. The summed E-state index contributed by atoms with van der Waals surface area (Å²) in [7, 11) is 1.58. The number of alkyl halides is 3. The molecule has 0 unspecified atom stereocenters. The summed E-state index contributed by atoms with van der Waals surface area (Å²) in [5.41, 5.74) is 0.454. The minimum absolute atomic E-state index is 0.112. The second-order valence-electron chi connectivity index (χ2n) is 4.70. The SMILES string of the molecule is CN1C[C@@H](C(F)(F)F)[C@H](C(=O)Nc2ccncc2)C1. The summed E-state index contributed by atoms with van der Waals surface area (Å²) in [4.78, 5) is 17.3. The summed E-state index contributed by atoms with van der Waals surface area (Å²) in [6.45, 7) is -0.0287. The molecule has 2 atom stereocenters. The van der Waals surface area contributed by atoms with Crippen LogP contribution in [0.15, 0.2) is 24.5 Å². The fraction of sp³-hybridized carbons (Fsp3) is 0.500. The molecule has 0 spiro atoms. The highest BCUT2D eigenvalue weighted by Gasteiger charge is 2.51. The maximum atomic E-state index is 12.9. The Balaban J connectivity index is 2.09. The third-order valence-electron chi connectivity index (χ3n) is 3.21. The Hall–Kier alpha value is -1.63. The zero-order chi connectivity index (χ0) is 14.0. The lowest BCUT2D eigenvalue weighted by Crippen LogP contribution is -2.36. The minimum Gasteiger partial charge on any atom is -0.326 e. The van der Waals surface area contributed by atoms with Gasteiger partial charge in [0.25, 0.3) is 0 Å². The van der Waals surface area contributed by atoms with Crippen molar-refractivity contribution in [1.29, 1.82) is 0 Å². The standard InChI is InChI=1S/C12H14F3N3O/c1-18-6-9(10(7-18)12(13,14)15)11(19)17-8-2-4-16-5-3-8/h2-5,9-10H,6-7H2,1H3,(H,16,17,19)/t9-,10-/m1/s1. The number of likely N-dealkylation sites (tertiary alicyclic amines) is 1. The summed E-state index contributed by atoms with van der Waals surface area (Å²) in [5.74, 6) is -3.28. The van der Waals surface area contributed by atoms with Gasteiger partial charge in [0.2, 0.25) is 5.91 Å². The van der Waals surface area contributed by atoms with E-state index in [9.17, 15) is 18.0 Å². The molecule has 2 rings (SSSR count). The first-order chi connectivity index (χ1) is 8.88. The van der Waals surface area contributed by atoms with Crippen LogP contribution in [0.2, 0.25) is 0 Å². The van der Waals surface area contributed by atoms with Gasteiger partial charge < -0.3 is 10.2 Å². The van der Waals surface area contributed by atoms with Gasteiger partial charge in [0, 0.05) is 31.2 Å². The highest BCUT2D eigenvalue weighted by Crippen LogP contribution is 2.37. The number of carbonyl (C=O) groups is 1. The van der Waals surface area contributed by atoms with E-state index in [-0.39, 0.29) is 13.1 Å². The van der Waals surface area contributed by atoms with Gasteiger partial charge in [-0.3, -0.25) is 9.78 Å². The Bertz CT molecular complexity index is 449. The number of amides is 1. The van der Waals surface area contributed by atoms with Gasteiger partial charge >= 0.3 is 6.18 Å². The first kappa shape index (κ1) is 13.8. The van der Waals surface area contributed by atoms with E-state index in [4.69, 9.17) is 0 Å². The van der Waals surface area contributed by atoms with Crippen molar-refractivity contribution in [1.82, 2.24) is 9.88 Å². The van der Waals surface area contributed by atoms with E-state index in [0.717, 1.165) is 0 Å². The third kappa shape index (κ3) is 3.23. The quantitative estimate of drug-likeness (QED) is 0.893. The first-order valence-corrected chi connectivity index (χ1v) is 5.84. The van der Waals surface area contributed by atoms with E-state index in [2.05, 4.69) is 10.3 Å². The molecule has 104 valence electrons. The molecule has 0 radical (unpaired) electrons. The largest absolute Gasteiger partial charge is 0.393 e. The van der Waals surface area contributed by atoms with Crippen LogP contribution >= 0.6 is 0 Å². The molecular weight excluding hydrogens is 259 g/mol. The number of aromatic nitrogens is 1. The highest BCUT2D eigenvalue weighted by atomic mass is 19.4. The number of halogens is 3. The normalized spacial score (nSPS) is 24.4. The van der Waals surface area contributed by atoms with Crippen LogP contribution in [0.25, 0.3) is 0 Å². The van der Waals surface area contributed by atoms with Gasteiger partial charge in [-0.2, -0.15) is 13.2 Å². The van der Waals surface area contributed by atoms with Crippen LogP contribution in [-0.4, -0.2) is 42.1 Å². The summed E-state index contributed by atoms with van der Waals surface area (Å²) in [5, 5.41) is 2.50. The van der Waals surface area contributed by atoms with Crippen molar-refractivity contribution in [3.63, 3.8) is 0 Å². The van der Waals surface area contributed by atoms with Crippen LogP contribution in [0.3, 0.4) is 0 Å². The van der Waals surface area contributed by atoms with Gasteiger partial charge in [-0.05, 0) is 19.2 Å². The molecule has 1 aliphatic heterocycles. The maximum Gasteiger partial charge on any atom is 0.393 e. The fourth-order valence-corrected chi connectivity index (χ4v) is 2.27. The Labute approximate surface area is 108 Å². The number of pyridine rings is 1. The monoisotopic (exact) mass is 273 g/mol. The Morgan fingerprint density at radius 2 is 2.00 bits per heavy atom. The maximum absolute atomic E-state index is 12.9. The average Bonchev–Trinajstić information content (AvgIpc) is 2.72. The zero-order valence-electron chi connectivity index (χ0n) is 10.3. The van der Waals surface area contributed by atoms with Crippen molar-refractivity contribution in [2.45, 2.75) is 6.18 Å². The molecule has 4 nitrogen and oxygen atoms in total. The van der Waals surface area contributed by atoms with Crippen molar-refractivity contribution in [3.05, 3.63) is 24.5 Å². The van der Waals surface area contributed by atoms with E-state index in [0.29, 0.717) is 5.69 Å². The molecule has 0 aromatic carbocycles. The molecule has 1 aliphatic rings. The Morgan fingerprint density at radius 1 is 1.37 bits per heavy atom. The van der Waals surface area contributed by atoms with Gasteiger partial charge in [0.1, 0.15) is 0 Å². The van der Waals surface area contributed by atoms with Gasteiger partial charge in [0.15, 0.2) is 0 Å². The van der Waals surface area contributed by atoms with E-state index < -0.39 is 23.9 Å². The first-order valence-electron chi connectivity index (χ1n) is 5.84. The molecule has 0 bridgehead atoms. The van der Waals surface area contributed by atoms with Crippen LogP contribution < -0.4 is 5.32 Å². The third-order valence-corrected chi connectivity index (χ3v) is 3.21. The topological polar surface area (TPSA) is 45.2 Å². The van der Waals surface area contributed by atoms with Crippen LogP contribution in [-0.2, 0) is 4.79 Å². The molecule has 1 saturated heterocycles. The number of nitrogens with zero attached hydrogens (tertiary/aromatic N) is 2. The lowest BCUT2D eigenvalue weighted by Gasteiger charge is -2.20. The summed E-state index contributed by atoms with van der Waals surface area (Å²) < 4.78 is 38.6. The summed E-state index contributed by atoms with van der Waals surface area (Å²) in [6, 6.07) is 3.08. The molecule has 7 heteroatoms. The van der Waals surface area contributed by atoms with Gasteiger partial charge in [0.05, 0.1) is 11.8 Å². The van der Waals surface area contributed by atoms with Crippen LogP contribution in [0.1, 0.15) is 0 Å². The van der Waals surface area contributed by atoms with Gasteiger partial charge in [-0.25, -0.2) is 0 Å².